The van der Waals surface area contributed by atoms with Crippen LogP contribution in [0.3, 0.4) is 0 Å². The molecule has 0 aliphatic carbocycles. The van der Waals surface area contributed by atoms with E-state index in [1.165, 1.54) is 0 Å². The molecule has 84 valence electrons. The Morgan fingerprint density at radius 3 is 2.21 bits per heavy atom. The summed E-state index contributed by atoms with van der Waals surface area (Å²) in [5.41, 5.74) is 0. The smallest absolute Gasteiger partial charge is 0.393 e. The fourth-order valence-corrected chi connectivity index (χ4v) is 0.440. The Morgan fingerprint density at radius 2 is 1.86 bits per heavy atom. The lowest BCUT2D eigenvalue weighted by atomic mass is 10.4. The summed E-state index contributed by atoms with van der Waals surface area (Å²) in [6.45, 7) is -1.30. The molecule has 1 unspecified atom stereocenters. The standard InChI is InChI=1S/C6H7F5O3/c1-13-3(12)2-14-6(10,11)4(7)5(8)9/h4-5H,2H2,1H3. The van der Waals surface area contributed by atoms with Crippen LogP contribution in [0.5, 0.6) is 0 Å². The molecule has 0 rings (SSSR count). The molecule has 0 saturated heterocycles. The van der Waals surface area contributed by atoms with Gasteiger partial charge in [-0.05, 0) is 0 Å². The van der Waals surface area contributed by atoms with Gasteiger partial charge in [0, 0.05) is 0 Å². The van der Waals surface area contributed by atoms with E-state index in [-0.39, 0.29) is 0 Å². The van der Waals surface area contributed by atoms with E-state index in [0.717, 1.165) is 7.11 Å². The first-order chi connectivity index (χ1) is 6.31. The van der Waals surface area contributed by atoms with E-state index >= 15 is 0 Å². The van der Waals surface area contributed by atoms with Gasteiger partial charge in [0.05, 0.1) is 7.11 Å². The number of rotatable bonds is 5. The highest BCUT2D eigenvalue weighted by atomic mass is 19.3. The maximum atomic E-state index is 12.3. The van der Waals surface area contributed by atoms with Crippen molar-refractivity contribution < 1.29 is 36.2 Å². The molecular formula is C6H7F5O3. The van der Waals surface area contributed by atoms with E-state index in [0.29, 0.717) is 0 Å². The van der Waals surface area contributed by atoms with Crippen LogP contribution in [0.2, 0.25) is 0 Å². The van der Waals surface area contributed by atoms with Gasteiger partial charge < -0.3 is 9.47 Å². The Balaban J connectivity index is 4.13. The Hall–Kier alpha value is -0.920. The predicted octanol–water partition coefficient (Wildman–Crippen LogP) is 1.37. The molecule has 0 radical (unpaired) electrons. The Kier molecular flexibility index (Phi) is 4.75. The van der Waals surface area contributed by atoms with Crippen molar-refractivity contribution in [3.8, 4) is 0 Å². The van der Waals surface area contributed by atoms with Crippen molar-refractivity contribution >= 4 is 5.97 Å². The zero-order chi connectivity index (χ0) is 11.4. The third kappa shape index (κ3) is 3.86. The Bertz CT molecular complexity index is 196. The molecule has 0 bridgehead atoms. The van der Waals surface area contributed by atoms with Gasteiger partial charge in [0.2, 0.25) is 0 Å². The SMILES string of the molecule is COC(=O)COC(F)(F)C(F)C(F)F. The van der Waals surface area contributed by atoms with Crippen LogP contribution in [0.4, 0.5) is 22.0 Å². The minimum absolute atomic E-state index is 0.879. The molecule has 0 fully saturated rings. The molecule has 0 aromatic carbocycles. The maximum absolute atomic E-state index is 12.3. The van der Waals surface area contributed by atoms with Crippen molar-refractivity contribution in [1.82, 2.24) is 0 Å². The second-order valence-corrected chi connectivity index (χ2v) is 2.16. The summed E-state index contributed by atoms with van der Waals surface area (Å²) < 4.78 is 66.8. The largest absolute Gasteiger partial charge is 0.467 e. The molecule has 0 saturated carbocycles. The number of carbonyl (C=O) groups excluding carboxylic acids is 1. The zero-order valence-corrected chi connectivity index (χ0v) is 6.98. The van der Waals surface area contributed by atoms with Gasteiger partial charge in [0.25, 0.3) is 12.6 Å². The van der Waals surface area contributed by atoms with E-state index in [4.69, 9.17) is 0 Å². The summed E-state index contributed by atoms with van der Waals surface area (Å²) in [6.07, 6.45) is -12.4. The molecule has 0 heterocycles. The normalized spacial score (nSPS) is 14.2. The van der Waals surface area contributed by atoms with E-state index < -0.39 is 31.3 Å². The first kappa shape index (κ1) is 13.1. The minimum atomic E-state index is -4.71. The van der Waals surface area contributed by atoms with Crippen LogP contribution in [-0.4, -0.2) is 38.4 Å². The molecule has 1 atom stereocenters. The van der Waals surface area contributed by atoms with Crippen molar-refractivity contribution in [2.75, 3.05) is 13.7 Å². The van der Waals surface area contributed by atoms with E-state index in [1.807, 2.05) is 0 Å². The number of hydrogen-bond donors (Lipinski definition) is 0. The van der Waals surface area contributed by atoms with Crippen LogP contribution in [0, 0.1) is 0 Å². The van der Waals surface area contributed by atoms with Crippen molar-refractivity contribution in [2.45, 2.75) is 18.7 Å². The maximum Gasteiger partial charge on any atom is 0.393 e. The molecule has 0 amide bonds. The number of methoxy groups -OCH3 is 1. The molecule has 0 aliphatic heterocycles. The van der Waals surface area contributed by atoms with Crippen LogP contribution in [0.15, 0.2) is 0 Å². The molecule has 8 heteroatoms. The number of ether oxygens (including phenoxy) is 2. The first-order valence-electron chi connectivity index (χ1n) is 3.32. The third-order valence-electron chi connectivity index (χ3n) is 1.15. The van der Waals surface area contributed by atoms with Gasteiger partial charge in [0.15, 0.2) is 6.61 Å². The fourth-order valence-electron chi connectivity index (χ4n) is 0.440. The lowest BCUT2D eigenvalue weighted by Gasteiger charge is -2.19. The van der Waals surface area contributed by atoms with Gasteiger partial charge in [-0.25, -0.2) is 18.0 Å². The Labute approximate surface area is 75.8 Å². The monoisotopic (exact) mass is 222 g/mol. The number of hydrogen-bond acceptors (Lipinski definition) is 3. The summed E-state index contributed by atoms with van der Waals surface area (Å²) in [7, 11) is 0.879. The van der Waals surface area contributed by atoms with Gasteiger partial charge in [0.1, 0.15) is 0 Å². The topological polar surface area (TPSA) is 35.5 Å². The van der Waals surface area contributed by atoms with Crippen LogP contribution in [-0.2, 0) is 14.3 Å². The third-order valence-corrected chi connectivity index (χ3v) is 1.15. The zero-order valence-electron chi connectivity index (χ0n) is 6.98. The number of alkyl halides is 5. The fraction of sp³-hybridized carbons (Fsp3) is 0.833. The first-order valence-corrected chi connectivity index (χ1v) is 3.32. The van der Waals surface area contributed by atoms with Crippen molar-refractivity contribution in [3.05, 3.63) is 0 Å². The van der Waals surface area contributed by atoms with Crippen molar-refractivity contribution in [3.63, 3.8) is 0 Å². The average molecular weight is 222 g/mol. The molecule has 0 spiro atoms. The number of esters is 1. The number of carbonyl (C=O) groups is 1. The van der Waals surface area contributed by atoms with E-state index in [9.17, 15) is 26.7 Å². The highest BCUT2D eigenvalue weighted by Gasteiger charge is 2.48. The minimum Gasteiger partial charge on any atom is -0.467 e. The van der Waals surface area contributed by atoms with Gasteiger partial charge >= 0.3 is 12.1 Å². The van der Waals surface area contributed by atoms with Gasteiger partial charge in [-0.15, -0.1) is 0 Å². The Morgan fingerprint density at radius 1 is 1.36 bits per heavy atom. The molecule has 3 nitrogen and oxygen atoms in total. The average Bonchev–Trinajstić information content (AvgIpc) is 2.12. The highest BCUT2D eigenvalue weighted by molar-refractivity contribution is 5.70. The molecule has 0 N–H and O–H groups in total. The summed E-state index contributed by atoms with van der Waals surface area (Å²) in [5, 5.41) is 0. The van der Waals surface area contributed by atoms with Crippen LogP contribution < -0.4 is 0 Å². The highest BCUT2D eigenvalue weighted by Crippen LogP contribution is 2.27. The van der Waals surface area contributed by atoms with E-state index in [2.05, 4.69) is 9.47 Å². The second kappa shape index (κ2) is 5.08. The lowest BCUT2D eigenvalue weighted by Crippen LogP contribution is -2.39. The van der Waals surface area contributed by atoms with Crippen molar-refractivity contribution in [1.29, 1.82) is 0 Å². The summed E-state index contributed by atoms with van der Waals surface area (Å²) in [4.78, 5) is 10.3. The number of halogens is 5. The molecular weight excluding hydrogens is 215 g/mol. The van der Waals surface area contributed by atoms with Crippen molar-refractivity contribution in [2.24, 2.45) is 0 Å². The van der Waals surface area contributed by atoms with Crippen LogP contribution >= 0.6 is 0 Å². The second-order valence-electron chi connectivity index (χ2n) is 2.16. The van der Waals surface area contributed by atoms with Gasteiger partial charge in [-0.3, -0.25) is 0 Å². The van der Waals surface area contributed by atoms with Gasteiger partial charge in [-0.2, -0.15) is 8.78 Å². The summed E-state index contributed by atoms with van der Waals surface area (Å²) in [6, 6.07) is 0. The lowest BCUT2D eigenvalue weighted by molar-refractivity contribution is -0.290. The quantitative estimate of drug-likeness (QED) is 0.520. The van der Waals surface area contributed by atoms with Crippen LogP contribution in [0.25, 0.3) is 0 Å². The molecule has 14 heavy (non-hydrogen) atoms. The molecule has 0 aromatic heterocycles. The molecule has 0 aliphatic rings. The van der Waals surface area contributed by atoms with E-state index in [1.54, 1.807) is 0 Å². The summed E-state index contributed by atoms with van der Waals surface area (Å²) in [5.74, 6) is -1.22. The summed E-state index contributed by atoms with van der Waals surface area (Å²) >= 11 is 0. The molecule has 0 aromatic rings. The van der Waals surface area contributed by atoms with Gasteiger partial charge in [-0.1, -0.05) is 0 Å². The van der Waals surface area contributed by atoms with Crippen LogP contribution in [0.1, 0.15) is 0 Å². The predicted molar refractivity (Wildman–Crippen MR) is 33.8 cm³/mol.